The molecule has 1 aromatic heterocycles. The fourth-order valence-corrected chi connectivity index (χ4v) is 3.07. The van der Waals surface area contributed by atoms with Crippen LogP contribution >= 0.6 is 11.6 Å². The molecule has 2 aromatic rings. The fraction of sp³-hybridized carbons (Fsp3) is 0.444. The zero-order chi connectivity index (χ0) is 18.4. The van der Waals surface area contributed by atoms with Crippen LogP contribution in [-0.2, 0) is 16.1 Å². The second-order valence-corrected chi connectivity index (χ2v) is 6.54. The summed E-state index contributed by atoms with van der Waals surface area (Å²) in [6.07, 6.45) is 1.73. The first-order valence-corrected chi connectivity index (χ1v) is 8.95. The smallest absolute Gasteiger partial charge is 0.246 e. The third-order valence-corrected chi connectivity index (χ3v) is 4.51. The quantitative estimate of drug-likeness (QED) is 0.708. The Kier molecular flexibility index (Phi) is 6.49. The zero-order valence-electron chi connectivity index (χ0n) is 14.7. The maximum atomic E-state index is 12.5. The standard InChI is InChI=1S/C18H23ClN4O3/c1-25-10-8-20-18(24)17-13-22(12-15-6-7-21-23(15)17)9-11-26-16-4-2-14(19)3-5-16/h2-7,17H,8-13H2,1H3,(H,20,24)/t17-/m0/s1. The van der Waals surface area contributed by atoms with E-state index in [-0.39, 0.29) is 11.9 Å². The average molecular weight is 379 g/mol. The summed E-state index contributed by atoms with van der Waals surface area (Å²) in [6, 6.07) is 8.90. The maximum Gasteiger partial charge on any atom is 0.246 e. The second kappa shape index (κ2) is 9.02. The number of rotatable bonds is 8. The lowest BCUT2D eigenvalue weighted by Crippen LogP contribution is -2.46. The molecule has 0 bridgehead atoms. The van der Waals surface area contributed by atoms with Gasteiger partial charge in [0.15, 0.2) is 0 Å². The summed E-state index contributed by atoms with van der Waals surface area (Å²) >= 11 is 5.88. The number of amides is 1. The molecule has 0 radical (unpaired) electrons. The lowest BCUT2D eigenvalue weighted by molar-refractivity contribution is -0.126. The van der Waals surface area contributed by atoms with E-state index in [1.165, 1.54) is 0 Å². The average Bonchev–Trinajstić information content (AvgIpc) is 3.11. The molecule has 0 spiro atoms. The number of hydrogen-bond acceptors (Lipinski definition) is 5. The molecule has 0 saturated carbocycles. The molecule has 1 N–H and O–H groups in total. The lowest BCUT2D eigenvalue weighted by atomic mass is 10.1. The van der Waals surface area contributed by atoms with E-state index in [4.69, 9.17) is 21.1 Å². The Morgan fingerprint density at radius 3 is 2.88 bits per heavy atom. The van der Waals surface area contributed by atoms with Crippen molar-refractivity contribution in [3.8, 4) is 5.75 Å². The topological polar surface area (TPSA) is 68.6 Å². The zero-order valence-corrected chi connectivity index (χ0v) is 15.5. The van der Waals surface area contributed by atoms with Gasteiger partial charge in [0.2, 0.25) is 5.91 Å². The summed E-state index contributed by atoms with van der Waals surface area (Å²) in [5, 5.41) is 7.89. The van der Waals surface area contributed by atoms with Crippen molar-refractivity contribution in [2.45, 2.75) is 12.6 Å². The monoisotopic (exact) mass is 378 g/mol. The Morgan fingerprint density at radius 1 is 1.31 bits per heavy atom. The van der Waals surface area contributed by atoms with Crippen LogP contribution in [0.3, 0.4) is 0 Å². The fourth-order valence-electron chi connectivity index (χ4n) is 2.94. The minimum absolute atomic E-state index is 0.0460. The number of carbonyl (C=O) groups is 1. The molecule has 0 unspecified atom stereocenters. The normalized spacial score (nSPS) is 16.9. The van der Waals surface area contributed by atoms with Gasteiger partial charge in [-0.15, -0.1) is 0 Å². The van der Waals surface area contributed by atoms with Crippen molar-refractivity contribution in [3.05, 3.63) is 47.2 Å². The Hall–Kier alpha value is -2.09. The number of hydrogen-bond donors (Lipinski definition) is 1. The summed E-state index contributed by atoms with van der Waals surface area (Å²) in [6.45, 7) is 3.57. The highest BCUT2D eigenvalue weighted by Crippen LogP contribution is 2.21. The van der Waals surface area contributed by atoms with Crippen molar-refractivity contribution in [1.29, 1.82) is 0 Å². The van der Waals surface area contributed by atoms with Gasteiger partial charge in [-0.1, -0.05) is 11.6 Å². The molecule has 1 aromatic carbocycles. The summed E-state index contributed by atoms with van der Waals surface area (Å²) in [5.74, 6) is 0.737. The van der Waals surface area contributed by atoms with E-state index >= 15 is 0 Å². The van der Waals surface area contributed by atoms with Crippen LogP contribution in [0.2, 0.25) is 5.02 Å². The van der Waals surface area contributed by atoms with Crippen LogP contribution in [0.25, 0.3) is 0 Å². The summed E-state index contributed by atoms with van der Waals surface area (Å²) < 4.78 is 12.6. The van der Waals surface area contributed by atoms with Gasteiger partial charge in [0.1, 0.15) is 18.4 Å². The van der Waals surface area contributed by atoms with E-state index in [1.807, 2.05) is 18.2 Å². The van der Waals surface area contributed by atoms with E-state index < -0.39 is 0 Å². The van der Waals surface area contributed by atoms with Crippen LogP contribution in [0, 0.1) is 0 Å². The second-order valence-electron chi connectivity index (χ2n) is 6.10. The molecule has 0 fully saturated rings. The van der Waals surface area contributed by atoms with Gasteiger partial charge >= 0.3 is 0 Å². The van der Waals surface area contributed by atoms with Crippen LogP contribution in [0.15, 0.2) is 36.5 Å². The van der Waals surface area contributed by atoms with Crippen LogP contribution < -0.4 is 10.1 Å². The predicted molar refractivity (Wildman–Crippen MR) is 98.4 cm³/mol. The number of nitrogens with one attached hydrogen (secondary N) is 1. The molecular formula is C18H23ClN4O3. The molecule has 0 saturated heterocycles. The largest absolute Gasteiger partial charge is 0.492 e. The Bertz CT molecular complexity index is 719. The van der Waals surface area contributed by atoms with E-state index in [0.29, 0.717) is 31.3 Å². The van der Waals surface area contributed by atoms with Crippen LogP contribution in [-0.4, -0.2) is 60.5 Å². The number of methoxy groups -OCH3 is 1. The van der Waals surface area contributed by atoms with Crippen molar-refractivity contribution in [2.75, 3.05) is 40.0 Å². The minimum atomic E-state index is -0.346. The number of fused-ring (bicyclic) bond motifs is 1. The Balaban J connectivity index is 1.56. The molecule has 7 nitrogen and oxygen atoms in total. The number of benzene rings is 1. The molecule has 8 heteroatoms. The minimum Gasteiger partial charge on any atom is -0.492 e. The van der Waals surface area contributed by atoms with Gasteiger partial charge in [0, 0.05) is 44.5 Å². The van der Waals surface area contributed by atoms with Gasteiger partial charge in [-0.2, -0.15) is 5.10 Å². The van der Waals surface area contributed by atoms with Crippen LogP contribution in [0.5, 0.6) is 5.75 Å². The molecule has 1 aliphatic rings. The first kappa shape index (κ1) is 18.7. The van der Waals surface area contributed by atoms with Gasteiger partial charge < -0.3 is 14.8 Å². The van der Waals surface area contributed by atoms with E-state index in [9.17, 15) is 4.79 Å². The number of aromatic nitrogens is 2. The summed E-state index contributed by atoms with van der Waals surface area (Å²) in [7, 11) is 1.61. The van der Waals surface area contributed by atoms with Crippen molar-refractivity contribution in [2.24, 2.45) is 0 Å². The van der Waals surface area contributed by atoms with Crippen molar-refractivity contribution < 1.29 is 14.3 Å². The third-order valence-electron chi connectivity index (χ3n) is 4.26. The van der Waals surface area contributed by atoms with Crippen molar-refractivity contribution in [3.63, 3.8) is 0 Å². The van der Waals surface area contributed by atoms with Gasteiger partial charge in [-0.25, -0.2) is 0 Å². The molecule has 0 aliphatic carbocycles. The predicted octanol–water partition coefficient (Wildman–Crippen LogP) is 1.73. The van der Waals surface area contributed by atoms with Gasteiger partial charge in [-0.3, -0.25) is 14.4 Å². The first-order valence-electron chi connectivity index (χ1n) is 8.57. The van der Waals surface area contributed by atoms with Crippen molar-refractivity contribution in [1.82, 2.24) is 20.0 Å². The Morgan fingerprint density at radius 2 is 2.12 bits per heavy atom. The van der Waals surface area contributed by atoms with E-state index in [0.717, 1.165) is 24.5 Å². The van der Waals surface area contributed by atoms with Gasteiger partial charge in [-0.05, 0) is 30.3 Å². The van der Waals surface area contributed by atoms with Crippen molar-refractivity contribution >= 4 is 17.5 Å². The van der Waals surface area contributed by atoms with E-state index in [1.54, 1.807) is 30.1 Å². The third kappa shape index (κ3) is 4.75. The molecule has 2 heterocycles. The number of ether oxygens (including phenoxy) is 2. The maximum absolute atomic E-state index is 12.5. The van der Waals surface area contributed by atoms with E-state index in [2.05, 4.69) is 15.3 Å². The molecule has 26 heavy (non-hydrogen) atoms. The number of carbonyl (C=O) groups excluding carboxylic acids is 1. The summed E-state index contributed by atoms with van der Waals surface area (Å²) in [4.78, 5) is 14.7. The molecular weight excluding hydrogens is 356 g/mol. The Labute approximate surface area is 157 Å². The summed E-state index contributed by atoms with van der Waals surface area (Å²) in [5.41, 5.74) is 1.02. The number of nitrogens with zero attached hydrogens (tertiary/aromatic N) is 3. The lowest BCUT2D eigenvalue weighted by Gasteiger charge is -2.33. The first-order chi connectivity index (χ1) is 12.7. The highest BCUT2D eigenvalue weighted by molar-refractivity contribution is 6.30. The molecule has 1 amide bonds. The SMILES string of the molecule is COCCNC(=O)[C@@H]1CN(CCOc2ccc(Cl)cc2)Cc2ccnn21. The van der Waals surface area contributed by atoms with Gasteiger partial charge in [0.05, 0.1) is 12.3 Å². The number of halogens is 1. The molecule has 1 atom stereocenters. The van der Waals surface area contributed by atoms with Crippen LogP contribution in [0.4, 0.5) is 0 Å². The highest BCUT2D eigenvalue weighted by Gasteiger charge is 2.30. The molecule has 1 aliphatic heterocycles. The molecule has 140 valence electrons. The van der Waals surface area contributed by atoms with Gasteiger partial charge in [0.25, 0.3) is 0 Å². The molecule has 3 rings (SSSR count). The highest BCUT2D eigenvalue weighted by atomic mass is 35.5. The van der Waals surface area contributed by atoms with Crippen LogP contribution in [0.1, 0.15) is 11.7 Å².